The molecule has 0 bridgehead atoms. The van der Waals surface area contributed by atoms with Gasteiger partial charge in [0.25, 0.3) is 5.91 Å². The van der Waals surface area contributed by atoms with Gasteiger partial charge >= 0.3 is 6.18 Å². The SMILES string of the molecule is CN(Cc1ccc(C(F)(F)F)c(F)c1)[C@H]1CN(C(=O)c2cc(S(C)(=O)=O)ccc2F)C[C@@H]1c1ccc(Cl)c(Cl)c1. The third-order valence-electron chi connectivity index (χ3n) is 6.88. The van der Waals surface area contributed by atoms with Gasteiger partial charge < -0.3 is 4.90 Å². The highest BCUT2D eigenvalue weighted by Crippen LogP contribution is 2.36. The van der Waals surface area contributed by atoms with Gasteiger partial charge in [-0.1, -0.05) is 35.3 Å². The van der Waals surface area contributed by atoms with Crippen molar-refractivity contribution in [2.75, 3.05) is 26.4 Å². The molecule has 1 fully saturated rings. The van der Waals surface area contributed by atoms with Crippen LogP contribution in [0.4, 0.5) is 22.0 Å². The minimum Gasteiger partial charge on any atom is -0.336 e. The third-order valence-corrected chi connectivity index (χ3v) is 8.73. The molecule has 5 nitrogen and oxygen atoms in total. The fraction of sp³-hybridized carbons (Fsp3) is 0.296. The third kappa shape index (κ3) is 6.43. The maximum Gasteiger partial charge on any atom is 0.419 e. The Bertz CT molecular complexity index is 1570. The first-order chi connectivity index (χ1) is 18.6. The van der Waals surface area contributed by atoms with Crippen LogP contribution < -0.4 is 0 Å². The summed E-state index contributed by atoms with van der Waals surface area (Å²) in [5.41, 5.74) is -0.810. The lowest BCUT2D eigenvalue weighted by atomic mass is 9.93. The van der Waals surface area contributed by atoms with Gasteiger partial charge in [-0.15, -0.1) is 0 Å². The smallest absolute Gasteiger partial charge is 0.336 e. The van der Waals surface area contributed by atoms with E-state index in [0.717, 1.165) is 30.5 Å². The van der Waals surface area contributed by atoms with E-state index in [-0.39, 0.29) is 35.1 Å². The predicted molar refractivity (Wildman–Crippen MR) is 141 cm³/mol. The van der Waals surface area contributed by atoms with Crippen LogP contribution in [0, 0.1) is 11.6 Å². The summed E-state index contributed by atoms with van der Waals surface area (Å²) in [6, 6.07) is 10.1. The average Bonchev–Trinajstić information content (AvgIpc) is 3.30. The number of rotatable bonds is 6. The fourth-order valence-corrected chi connectivity index (χ4v) is 5.78. The number of nitrogens with zero attached hydrogens (tertiary/aromatic N) is 2. The summed E-state index contributed by atoms with van der Waals surface area (Å²) in [6.07, 6.45) is -3.89. The lowest BCUT2D eigenvalue weighted by Gasteiger charge is -2.29. The van der Waals surface area contributed by atoms with Gasteiger partial charge in [-0.2, -0.15) is 13.2 Å². The van der Waals surface area contributed by atoms with Crippen molar-refractivity contribution < 1.29 is 35.2 Å². The highest BCUT2D eigenvalue weighted by atomic mass is 35.5. The van der Waals surface area contributed by atoms with Crippen molar-refractivity contribution >= 4 is 38.9 Å². The van der Waals surface area contributed by atoms with Gasteiger partial charge in [0, 0.05) is 37.8 Å². The Kier molecular flexibility index (Phi) is 8.52. The molecule has 214 valence electrons. The lowest BCUT2D eigenvalue weighted by molar-refractivity contribution is -0.140. The molecule has 0 spiro atoms. The second kappa shape index (κ2) is 11.3. The van der Waals surface area contributed by atoms with Crippen molar-refractivity contribution in [2.45, 2.75) is 29.6 Å². The van der Waals surface area contributed by atoms with Gasteiger partial charge in [0.1, 0.15) is 11.6 Å². The summed E-state index contributed by atoms with van der Waals surface area (Å²) in [6.45, 7) is 0.194. The molecule has 1 aliphatic rings. The Morgan fingerprint density at radius 3 is 2.27 bits per heavy atom. The number of sulfone groups is 1. The number of amides is 1. The minimum absolute atomic E-state index is 0.0392. The maximum absolute atomic E-state index is 14.7. The van der Waals surface area contributed by atoms with Crippen molar-refractivity contribution in [3.63, 3.8) is 0 Å². The van der Waals surface area contributed by atoms with E-state index in [1.807, 2.05) is 0 Å². The molecule has 0 aliphatic carbocycles. The minimum atomic E-state index is -4.83. The number of halogens is 7. The van der Waals surface area contributed by atoms with Gasteiger partial charge in [-0.3, -0.25) is 9.69 Å². The second-order valence-corrected chi connectivity index (χ2v) is 12.5. The predicted octanol–water partition coefficient (Wildman–Crippen LogP) is 6.43. The highest BCUT2D eigenvalue weighted by Gasteiger charge is 2.40. The molecule has 0 saturated carbocycles. The molecule has 1 heterocycles. The first-order valence-corrected chi connectivity index (χ1v) is 14.5. The van der Waals surface area contributed by atoms with E-state index in [0.29, 0.717) is 16.7 Å². The highest BCUT2D eigenvalue weighted by molar-refractivity contribution is 7.90. The van der Waals surface area contributed by atoms with Crippen molar-refractivity contribution in [3.8, 4) is 0 Å². The van der Waals surface area contributed by atoms with E-state index in [9.17, 15) is 35.2 Å². The summed E-state index contributed by atoms with van der Waals surface area (Å²) < 4.78 is 91.9. The summed E-state index contributed by atoms with van der Waals surface area (Å²) >= 11 is 12.3. The molecule has 2 atom stereocenters. The standard InChI is InChI=1S/C27H23Cl2F5N2O3S/c1-35(12-15-3-6-20(24(31)9-15)27(32,33)34)25-14-36(13-19(25)16-4-7-21(28)22(29)10-16)26(37)18-11-17(40(2,38)39)5-8-23(18)30/h3-11,19,25H,12-14H2,1-2H3/t19-,25+/m1/s1. The number of hydrogen-bond donors (Lipinski definition) is 0. The molecule has 4 rings (SSSR count). The van der Waals surface area contributed by atoms with Crippen LogP contribution in [-0.4, -0.2) is 56.6 Å². The van der Waals surface area contributed by atoms with Crippen molar-refractivity contribution in [2.24, 2.45) is 0 Å². The van der Waals surface area contributed by atoms with Crippen molar-refractivity contribution in [3.05, 3.63) is 98.5 Å². The number of likely N-dealkylation sites (tertiary alicyclic amines) is 1. The van der Waals surface area contributed by atoms with Crippen LogP contribution in [-0.2, 0) is 22.6 Å². The van der Waals surface area contributed by atoms with Crippen LogP contribution in [0.1, 0.15) is 33.0 Å². The Labute approximate surface area is 238 Å². The molecule has 40 heavy (non-hydrogen) atoms. The van der Waals surface area contributed by atoms with Gasteiger partial charge in [0.05, 0.1) is 26.1 Å². The summed E-state index contributed by atoms with van der Waals surface area (Å²) in [7, 11) is -2.04. The number of carbonyl (C=O) groups excluding carboxylic acids is 1. The zero-order valence-electron chi connectivity index (χ0n) is 21.1. The van der Waals surface area contributed by atoms with Crippen LogP contribution in [0.2, 0.25) is 10.0 Å². The van der Waals surface area contributed by atoms with E-state index in [1.54, 1.807) is 30.1 Å². The fourth-order valence-electron chi connectivity index (χ4n) is 4.83. The second-order valence-electron chi connectivity index (χ2n) is 9.70. The van der Waals surface area contributed by atoms with Crippen molar-refractivity contribution in [1.82, 2.24) is 9.80 Å². The molecule has 3 aromatic rings. The topological polar surface area (TPSA) is 57.7 Å². The molecule has 3 aromatic carbocycles. The molecule has 1 amide bonds. The van der Waals surface area contributed by atoms with Crippen LogP contribution >= 0.6 is 23.2 Å². The Morgan fingerprint density at radius 2 is 1.68 bits per heavy atom. The molecule has 1 aliphatic heterocycles. The van der Waals surface area contributed by atoms with Gasteiger partial charge in [-0.25, -0.2) is 17.2 Å². The summed E-state index contributed by atoms with van der Waals surface area (Å²) in [4.78, 5) is 16.3. The van der Waals surface area contributed by atoms with Crippen LogP contribution in [0.25, 0.3) is 0 Å². The first-order valence-electron chi connectivity index (χ1n) is 11.9. The number of hydrogen-bond acceptors (Lipinski definition) is 4. The average molecular weight is 621 g/mol. The van der Waals surface area contributed by atoms with E-state index < -0.39 is 56.6 Å². The molecular weight excluding hydrogens is 598 g/mol. The molecule has 0 radical (unpaired) electrons. The van der Waals surface area contributed by atoms with E-state index in [4.69, 9.17) is 23.2 Å². The molecular formula is C27H23Cl2F5N2O3S. The zero-order chi connectivity index (χ0) is 29.6. The zero-order valence-corrected chi connectivity index (χ0v) is 23.5. The number of carbonyl (C=O) groups is 1. The largest absolute Gasteiger partial charge is 0.419 e. The summed E-state index contributed by atoms with van der Waals surface area (Å²) in [5, 5.41) is 0.572. The van der Waals surface area contributed by atoms with Crippen LogP contribution in [0.5, 0.6) is 0 Å². The van der Waals surface area contributed by atoms with E-state index >= 15 is 0 Å². The van der Waals surface area contributed by atoms with Gasteiger partial charge in [0.15, 0.2) is 9.84 Å². The Hall–Kier alpha value is -2.73. The summed E-state index contributed by atoms with van der Waals surface area (Å²) in [5.74, 6) is -3.42. The molecule has 13 heteroatoms. The van der Waals surface area contributed by atoms with Crippen LogP contribution in [0.15, 0.2) is 59.5 Å². The lowest BCUT2D eigenvalue weighted by Crippen LogP contribution is -2.38. The van der Waals surface area contributed by atoms with E-state index in [1.165, 1.54) is 11.0 Å². The molecule has 0 aromatic heterocycles. The maximum atomic E-state index is 14.7. The van der Waals surface area contributed by atoms with Crippen LogP contribution in [0.3, 0.4) is 0 Å². The molecule has 0 unspecified atom stereocenters. The monoisotopic (exact) mass is 620 g/mol. The number of likely N-dealkylation sites (N-methyl/N-ethyl adjacent to an activating group) is 1. The molecule has 1 saturated heterocycles. The van der Waals surface area contributed by atoms with Gasteiger partial charge in [-0.05, 0) is 60.6 Å². The van der Waals surface area contributed by atoms with E-state index in [2.05, 4.69) is 0 Å². The quantitative estimate of drug-likeness (QED) is 0.235. The normalized spacial score (nSPS) is 18.0. The van der Waals surface area contributed by atoms with Gasteiger partial charge in [0.2, 0.25) is 0 Å². The number of benzene rings is 3. The van der Waals surface area contributed by atoms with Crippen molar-refractivity contribution in [1.29, 1.82) is 0 Å². The Morgan fingerprint density at radius 1 is 0.975 bits per heavy atom. The first kappa shape index (κ1) is 30.2. The Balaban J connectivity index is 1.66. The molecule has 0 N–H and O–H groups in total. The number of alkyl halides is 3.